The van der Waals surface area contributed by atoms with Gasteiger partial charge in [-0.25, -0.2) is 19.9 Å². The van der Waals surface area contributed by atoms with Crippen molar-refractivity contribution in [2.75, 3.05) is 48.8 Å². The molecule has 5 rings (SSSR count). The highest BCUT2D eigenvalue weighted by atomic mass is 16.1. The fourth-order valence-electron chi connectivity index (χ4n) is 4.32. The lowest BCUT2D eigenvalue weighted by atomic mass is 9.94. The quantitative estimate of drug-likeness (QED) is 0.355. The number of aryl methyl sites for hydroxylation is 1. The van der Waals surface area contributed by atoms with Crippen LogP contribution in [0.2, 0.25) is 0 Å². The molecule has 1 saturated heterocycles. The van der Waals surface area contributed by atoms with E-state index in [0.717, 1.165) is 43.0 Å². The highest BCUT2D eigenvalue weighted by Gasteiger charge is 2.19. The Morgan fingerprint density at radius 1 is 1.03 bits per heavy atom. The molecule has 2 aromatic carbocycles. The van der Waals surface area contributed by atoms with Crippen molar-refractivity contribution in [3.05, 3.63) is 71.7 Å². The summed E-state index contributed by atoms with van der Waals surface area (Å²) in [6.07, 6.45) is 3.24. The second-order valence-corrected chi connectivity index (χ2v) is 10.3. The van der Waals surface area contributed by atoms with Crippen molar-refractivity contribution >= 4 is 40.1 Å². The van der Waals surface area contributed by atoms with Gasteiger partial charge >= 0.3 is 0 Å². The van der Waals surface area contributed by atoms with Gasteiger partial charge in [0.15, 0.2) is 5.82 Å². The van der Waals surface area contributed by atoms with E-state index in [9.17, 15) is 4.79 Å². The molecular weight excluding hydrogens is 478 g/mol. The van der Waals surface area contributed by atoms with Crippen molar-refractivity contribution in [3.8, 4) is 0 Å². The predicted octanol–water partition coefficient (Wildman–Crippen LogP) is 3.67. The van der Waals surface area contributed by atoms with Gasteiger partial charge in [-0.1, -0.05) is 18.2 Å². The van der Waals surface area contributed by atoms with Gasteiger partial charge in [-0.15, -0.1) is 0 Å². The number of benzene rings is 2. The lowest BCUT2D eigenvalue weighted by Crippen LogP contribution is -2.45. The van der Waals surface area contributed by atoms with Gasteiger partial charge in [-0.3, -0.25) is 4.79 Å². The number of aromatic nitrogens is 4. The lowest BCUT2D eigenvalue weighted by Gasteiger charge is -2.32. The van der Waals surface area contributed by atoms with E-state index in [1.807, 2.05) is 57.2 Å². The first-order valence-corrected chi connectivity index (χ1v) is 12.7. The van der Waals surface area contributed by atoms with Gasteiger partial charge in [-0.2, -0.15) is 0 Å². The fraction of sp³-hybridized carbons (Fsp3) is 0.321. The molecule has 1 fully saturated rings. The Kier molecular flexibility index (Phi) is 6.92. The first-order chi connectivity index (χ1) is 18.2. The number of fused-ring (bicyclic) bond motifs is 1. The minimum atomic E-state index is -0.536. The van der Waals surface area contributed by atoms with Crippen LogP contribution in [0.4, 0.5) is 23.1 Å². The third-order valence-corrected chi connectivity index (χ3v) is 6.77. The van der Waals surface area contributed by atoms with Gasteiger partial charge in [0.1, 0.15) is 17.4 Å². The Morgan fingerprint density at radius 3 is 2.58 bits per heavy atom. The zero-order valence-electron chi connectivity index (χ0n) is 22.2. The van der Waals surface area contributed by atoms with Crippen molar-refractivity contribution in [1.82, 2.24) is 24.8 Å². The van der Waals surface area contributed by atoms with Gasteiger partial charge in [0.25, 0.3) is 5.91 Å². The molecule has 10 heteroatoms. The first-order valence-electron chi connectivity index (χ1n) is 12.7. The minimum absolute atomic E-state index is 0.206. The van der Waals surface area contributed by atoms with Gasteiger partial charge in [-0.05, 0) is 63.2 Å². The third kappa shape index (κ3) is 5.56. The standard InChI is InChI=1S/C28H33N9O/c1-18-8-9-21(33-26(38)19-6-5-7-20(14-19)28(2,3)29)15-22(18)34-25-24-23(31-17-32-25)16-30-27(35-24)37-12-10-36(4)11-13-37/h5-9,14-17H,10-13,29H2,1-4H3,(H,33,38)(H,31,32,34). The van der Waals surface area contributed by atoms with Crippen LogP contribution in [0.5, 0.6) is 0 Å². The molecular formula is C28H33N9O. The average Bonchev–Trinajstić information content (AvgIpc) is 2.90. The molecule has 4 N–H and O–H groups in total. The molecule has 0 saturated carbocycles. The molecule has 3 heterocycles. The Hall–Kier alpha value is -4.15. The predicted molar refractivity (Wildman–Crippen MR) is 151 cm³/mol. The first kappa shape index (κ1) is 25.5. The second-order valence-electron chi connectivity index (χ2n) is 10.3. The van der Waals surface area contributed by atoms with Crippen LogP contribution < -0.4 is 21.3 Å². The molecule has 0 unspecified atom stereocenters. The summed E-state index contributed by atoms with van der Waals surface area (Å²) in [6, 6.07) is 13.1. The molecule has 0 radical (unpaired) electrons. The summed E-state index contributed by atoms with van der Waals surface area (Å²) in [5.74, 6) is 1.05. The number of rotatable bonds is 6. The van der Waals surface area contributed by atoms with Crippen molar-refractivity contribution < 1.29 is 4.79 Å². The number of carbonyl (C=O) groups is 1. The van der Waals surface area contributed by atoms with Crippen molar-refractivity contribution in [2.45, 2.75) is 26.3 Å². The van der Waals surface area contributed by atoms with E-state index in [1.54, 1.807) is 12.3 Å². The number of anilines is 4. The van der Waals surface area contributed by atoms with E-state index in [4.69, 9.17) is 10.7 Å². The number of hydrogen-bond donors (Lipinski definition) is 3. The topological polar surface area (TPSA) is 125 Å². The number of piperazine rings is 1. The Labute approximate surface area is 222 Å². The molecule has 0 aliphatic carbocycles. The van der Waals surface area contributed by atoms with Crippen LogP contribution in [-0.4, -0.2) is 64.0 Å². The summed E-state index contributed by atoms with van der Waals surface area (Å²) < 4.78 is 0. The summed E-state index contributed by atoms with van der Waals surface area (Å²) in [5.41, 5.74) is 10.9. The summed E-state index contributed by atoms with van der Waals surface area (Å²) >= 11 is 0. The van der Waals surface area contributed by atoms with E-state index in [0.29, 0.717) is 34.1 Å². The van der Waals surface area contributed by atoms with Crippen LogP contribution in [0.3, 0.4) is 0 Å². The fourth-order valence-corrected chi connectivity index (χ4v) is 4.32. The van der Waals surface area contributed by atoms with Crippen LogP contribution in [0.15, 0.2) is 55.0 Å². The number of hydrogen-bond acceptors (Lipinski definition) is 9. The van der Waals surface area contributed by atoms with Crippen molar-refractivity contribution in [3.63, 3.8) is 0 Å². The van der Waals surface area contributed by atoms with E-state index in [1.165, 1.54) is 6.33 Å². The number of nitrogens with two attached hydrogens (primary N) is 1. The molecule has 10 nitrogen and oxygen atoms in total. The molecule has 38 heavy (non-hydrogen) atoms. The number of likely N-dealkylation sites (N-methyl/N-ethyl adjacent to an activating group) is 1. The van der Waals surface area contributed by atoms with E-state index >= 15 is 0 Å². The molecule has 0 spiro atoms. The summed E-state index contributed by atoms with van der Waals surface area (Å²) in [7, 11) is 2.12. The summed E-state index contributed by atoms with van der Waals surface area (Å²) in [4.78, 5) is 35.7. The van der Waals surface area contributed by atoms with Gasteiger partial charge in [0.2, 0.25) is 5.95 Å². The average molecular weight is 512 g/mol. The highest BCUT2D eigenvalue weighted by Crippen LogP contribution is 2.28. The summed E-state index contributed by atoms with van der Waals surface area (Å²) in [6.45, 7) is 9.48. The van der Waals surface area contributed by atoms with Crippen LogP contribution in [0.1, 0.15) is 35.3 Å². The Balaban J connectivity index is 1.39. The van der Waals surface area contributed by atoms with Gasteiger partial charge in [0.05, 0.1) is 6.20 Å². The zero-order chi connectivity index (χ0) is 26.9. The third-order valence-electron chi connectivity index (χ3n) is 6.77. The monoisotopic (exact) mass is 511 g/mol. The number of nitrogens with zero attached hydrogens (tertiary/aromatic N) is 6. The van der Waals surface area contributed by atoms with Crippen LogP contribution in [-0.2, 0) is 5.54 Å². The maximum Gasteiger partial charge on any atom is 0.255 e. The zero-order valence-corrected chi connectivity index (χ0v) is 22.2. The lowest BCUT2D eigenvalue weighted by molar-refractivity contribution is 0.102. The van der Waals surface area contributed by atoms with Gasteiger partial charge < -0.3 is 26.2 Å². The van der Waals surface area contributed by atoms with Crippen molar-refractivity contribution in [2.24, 2.45) is 5.73 Å². The van der Waals surface area contributed by atoms with E-state index in [-0.39, 0.29) is 5.91 Å². The minimum Gasteiger partial charge on any atom is -0.338 e. The largest absolute Gasteiger partial charge is 0.338 e. The highest BCUT2D eigenvalue weighted by molar-refractivity contribution is 6.04. The molecule has 1 aliphatic heterocycles. The Morgan fingerprint density at radius 2 is 1.82 bits per heavy atom. The van der Waals surface area contributed by atoms with E-state index in [2.05, 4.69) is 42.4 Å². The smallest absolute Gasteiger partial charge is 0.255 e. The SMILES string of the molecule is Cc1ccc(NC(=O)c2cccc(C(C)(C)N)c2)cc1Nc1ncnc2cnc(N3CCN(C)CC3)nc12. The molecule has 0 bridgehead atoms. The second kappa shape index (κ2) is 10.3. The molecule has 1 aliphatic rings. The normalized spacial score (nSPS) is 14.5. The number of nitrogens with one attached hydrogen (secondary N) is 2. The number of carbonyl (C=O) groups excluding carboxylic acids is 1. The molecule has 1 amide bonds. The maximum atomic E-state index is 13.0. The van der Waals surface area contributed by atoms with Crippen LogP contribution in [0, 0.1) is 6.92 Å². The Bertz CT molecular complexity index is 1470. The molecule has 196 valence electrons. The van der Waals surface area contributed by atoms with E-state index < -0.39 is 5.54 Å². The number of amides is 1. The van der Waals surface area contributed by atoms with Crippen molar-refractivity contribution in [1.29, 1.82) is 0 Å². The molecule has 0 atom stereocenters. The molecule has 2 aromatic heterocycles. The van der Waals surface area contributed by atoms with Crippen LogP contribution in [0.25, 0.3) is 11.0 Å². The maximum absolute atomic E-state index is 13.0. The summed E-state index contributed by atoms with van der Waals surface area (Å²) in [5, 5.41) is 6.39. The molecule has 4 aromatic rings. The van der Waals surface area contributed by atoms with Crippen LogP contribution >= 0.6 is 0 Å². The van der Waals surface area contributed by atoms with Gasteiger partial charge in [0, 0.05) is 48.7 Å².